The van der Waals surface area contributed by atoms with Crippen molar-refractivity contribution in [3.8, 4) is 0 Å². The van der Waals surface area contributed by atoms with Gasteiger partial charge in [-0.1, -0.05) is 15.9 Å². The quantitative estimate of drug-likeness (QED) is 0.640. The third kappa shape index (κ3) is 3.34. The Morgan fingerprint density at radius 3 is 2.57 bits per heavy atom. The van der Waals surface area contributed by atoms with E-state index < -0.39 is 28.0 Å². The molecule has 2 aromatic rings. The smallest absolute Gasteiger partial charge is 0.342 e. The minimum atomic E-state index is -1.40. The van der Waals surface area contributed by atoms with E-state index in [2.05, 4.69) is 21.2 Å². The van der Waals surface area contributed by atoms with E-state index in [0.29, 0.717) is 4.47 Å². The molecular formula is C13H8BrFN2O4. The number of carbonyl (C=O) groups is 1. The fourth-order valence-corrected chi connectivity index (χ4v) is 2.02. The highest BCUT2D eigenvalue weighted by atomic mass is 79.9. The molecule has 6 nitrogen and oxygen atoms in total. The predicted octanol–water partition coefficient (Wildman–Crippen LogP) is 3.94. The van der Waals surface area contributed by atoms with Crippen LogP contribution in [0.3, 0.4) is 0 Å². The van der Waals surface area contributed by atoms with Crippen LogP contribution in [-0.4, -0.2) is 16.0 Å². The number of nitrogens with zero attached hydrogens (tertiary/aromatic N) is 1. The van der Waals surface area contributed by atoms with Crippen LogP contribution in [0.1, 0.15) is 10.4 Å². The van der Waals surface area contributed by atoms with Crippen molar-refractivity contribution in [2.24, 2.45) is 0 Å². The molecule has 0 aliphatic heterocycles. The van der Waals surface area contributed by atoms with Crippen molar-refractivity contribution >= 4 is 39.0 Å². The molecule has 21 heavy (non-hydrogen) atoms. The van der Waals surface area contributed by atoms with Crippen LogP contribution in [0.2, 0.25) is 0 Å². The standard InChI is InChI=1S/C13H8BrFN2O4/c14-7-1-4-11(10(15)5-7)16-8-2-3-9(13(18)19)12(6-8)17(20)21/h1-6,16H,(H,18,19). The molecule has 0 heterocycles. The number of hydrogen-bond donors (Lipinski definition) is 2. The molecule has 0 saturated heterocycles. The van der Waals surface area contributed by atoms with Gasteiger partial charge < -0.3 is 10.4 Å². The monoisotopic (exact) mass is 354 g/mol. The van der Waals surface area contributed by atoms with Crippen LogP contribution in [0.4, 0.5) is 21.5 Å². The average molecular weight is 355 g/mol. The van der Waals surface area contributed by atoms with Gasteiger partial charge in [-0.15, -0.1) is 0 Å². The number of hydrogen-bond acceptors (Lipinski definition) is 4. The van der Waals surface area contributed by atoms with Crippen LogP contribution >= 0.6 is 15.9 Å². The van der Waals surface area contributed by atoms with E-state index in [4.69, 9.17) is 5.11 Å². The number of carboxylic acid groups (broad SMARTS) is 1. The van der Waals surface area contributed by atoms with E-state index in [1.54, 1.807) is 6.07 Å². The van der Waals surface area contributed by atoms with Gasteiger partial charge in [-0.3, -0.25) is 10.1 Å². The minimum Gasteiger partial charge on any atom is -0.477 e. The Morgan fingerprint density at radius 1 is 1.29 bits per heavy atom. The Hall–Kier alpha value is -2.48. The van der Waals surface area contributed by atoms with Gasteiger partial charge in [0.25, 0.3) is 5.69 Å². The topological polar surface area (TPSA) is 92.5 Å². The van der Waals surface area contributed by atoms with Gasteiger partial charge in [0.1, 0.15) is 11.4 Å². The summed E-state index contributed by atoms with van der Waals surface area (Å²) in [5, 5.41) is 22.4. The molecule has 2 N–H and O–H groups in total. The van der Waals surface area contributed by atoms with Crippen LogP contribution in [0.25, 0.3) is 0 Å². The zero-order valence-electron chi connectivity index (χ0n) is 10.3. The van der Waals surface area contributed by atoms with E-state index in [-0.39, 0.29) is 11.4 Å². The summed E-state index contributed by atoms with van der Waals surface area (Å²) in [7, 11) is 0. The molecule has 108 valence electrons. The number of halogens is 2. The number of aromatic carboxylic acids is 1. The van der Waals surface area contributed by atoms with Crippen LogP contribution < -0.4 is 5.32 Å². The highest BCUT2D eigenvalue weighted by molar-refractivity contribution is 9.10. The molecule has 0 atom stereocenters. The number of carboxylic acids is 1. The van der Waals surface area contributed by atoms with Crippen molar-refractivity contribution in [2.45, 2.75) is 0 Å². The summed E-state index contributed by atoms with van der Waals surface area (Å²) >= 11 is 3.12. The summed E-state index contributed by atoms with van der Waals surface area (Å²) in [5.74, 6) is -1.95. The minimum absolute atomic E-state index is 0.121. The molecule has 0 unspecified atom stereocenters. The second-order valence-corrected chi connectivity index (χ2v) is 4.96. The van der Waals surface area contributed by atoms with Crippen molar-refractivity contribution in [1.82, 2.24) is 0 Å². The van der Waals surface area contributed by atoms with Crippen molar-refractivity contribution < 1.29 is 19.2 Å². The maximum atomic E-state index is 13.7. The highest BCUT2D eigenvalue weighted by Crippen LogP contribution is 2.27. The molecule has 0 fully saturated rings. The lowest BCUT2D eigenvalue weighted by Crippen LogP contribution is -2.03. The molecule has 0 amide bonds. The lowest BCUT2D eigenvalue weighted by Gasteiger charge is -2.08. The first-order valence-electron chi connectivity index (χ1n) is 5.62. The summed E-state index contributed by atoms with van der Waals surface area (Å²) in [5.41, 5.74) is -0.657. The SMILES string of the molecule is O=C(O)c1ccc(Nc2ccc(Br)cc2F)cc1[N+](=O)[O-]. The average Bonchev–Trinajstić information content (AvgIpc) is 2.41. The molecule has 2 aromatic carbocycles. The largest absolute Gasteiger partial charge is 0.477 e. The fraction of sp³-hybridized carbons (Fsp3) is 0. The van der Waals surface area contributed by atoms with Gasteiger partial charge in [-0.2, -0.15) is 0 Å². The summed E-state index contributed by atoms with van der Waals surface area (Å²) in [4.78, 5) is 21.0. The molecule has 2 rings (SSSR count). The van der Waals surface area contributed by atoms with Gasteiger partial charge in [0.15, 0.2) is 0 Å². The van der Waals surface area contributed by atoms with Gasteiger partial charge in [0.05, 0.1) is 10.6 Å². The summed E-state index contributed by atoms with van der Waals surface area (Å²) < 4.78 is 14.2. The lowest BCUT2D eigenvalue weighted by molar-refractivity contribution is -0.385. The zero-order chi connectivity index (χ0) is 15.6. The Kier molecular flexibility index (Phi) is 4.18. The van der Waals surface area contributed by atoms with E-state index in [1.807, 2.05) is 0 Å². The number of anilines is 2. The Balaban J connectivity index is 2.39. The zero-order valence-corrected chi connectivity index (χ0v) is 11.9. The van der Waals surface area contributed by atoms with E-state index in [0.717, 1.165) is 12.1 Å². The van der Waals surface area contributed by atoms with Crippen molar-refractivity contribution in [1.29, 1.82) is 0 Å². The van der Waals surface area contributed by atoms with Crippen LogP contribution in [0.15, 0.2) is 40.9 Å². The molecule has 0 radical (unpaired) electrons. The van der Waals surface area contributed by atoms with Gasteiger partial charge in [-0.05, 0) is 30.3 Å². The second-order valence-electron chi connectivity index (χ2n) is 4.04. The normalized spacial score (nSPS) is 10.2. The van der Waals surface area contributed by atoms with Crippen molar-refractivity contribution in [3.63, 3.8) is 0 Å². The summed E-state index contributed by atoms with van der Waals surface area (Å²) in [6.07, 6.45) is 0. The predicted molar refractivity (Wildman–Crippen MR) is 77.4 cm³/mol. The molecule has 0 aromatic heterocycles. The Morgan fingerprint density at radius 2 is 2.00 bits per heavy atom. The first-order chi connectivity index (χ1) is 9.88. The van der Waals surface area contributed by atoms with Gasteiger partial charge in [0.2, 0.25) is 0 Å². The van der Waals surface area contributed by atoms with E-state index in [9.17, 15) is 19.3 Å². The molecule has 8 heteroatoms. The Bertz CT molecular complexity index is 736. The van der Waals surface area contributed by atoms with E-state index in [1.165, 1.54) is 18.2 Å². The first-order valence-corrected chi connectivity index (χ1v) is 6.41. The molecule has 0 aliphatic carbocycles. The molecular weight excluding hydrogens is 347 g/mol. The first kappa shape index (κ1) is 14.9. The van der Waals surface area contributed by atoms with Crippen molar-refractivity contribution in [2.75, 3.05) is 5.32 Å². The molecule has 0 bridgehead atoms. The maximum absolute atomic E-state index is 13.7. The van der Waals surface area contributed by atoms with Gasteiger partial charge in [-0.25, -0.2) is 9.18 Å². The van der Waals surface area contributed by atoms with Crippen LogP contribution in [0.5, 0.6) is 0 Å². The number of nitrogens with one attached hydrogen (secondary N) is 1. The maximum Gasteiger partial charge on any atom is 0.342 e. The second kappa shape index (κ2) is 5.88. The van der Waals surface area contributed by atoms with E-state index >= 15 is 0 Å². The number of benzene rings is 2. The molecule has 0 spiro atoms. The molecule has 0 aliphatic rings. The highest BCUT2D eigenvalue weighted by Gasteiger charge is 2.20. The summed E-state index contributed by atoms with van der Waals surface area (Å²) in [6, 6.07) is 7.77. The van der Waals surface area contributed by atoms with Crippen molar-refractivity contribution in [3.05, 3.63) is 62.4 Å². The third-order valence-corrected chi connectivity index (χ3v) is 3.13. The number of rotatable bonds is 4. The fourth-order valence-electron chi connectivity index (χ4n) is 1.69. The van der Waals surface area contributed by atoms with Gasteiger partial charge >= 0.3 is 5.97 Å². The lowest BCUT2D eigenvalue weighted by atomic mass is 10.1. The van der Waals surface area contributed by atoms with Gasteiger partial charge in [0, 0.05) is 16.2 Å². The third-order valence-electron chi connectivity index (χ3n) is 2.63. The number of nitro benzene ring substituents is 1. The summed E-state index contributed by atoms with van der Waals surface area (Å²) in [6.45, 7) is 0. The number of nitro groups is 1. The Labute approximate surface area is 126 Å². The molecule has 0 saturated carbocycles. The van der Waals surface area contributed by atoms with Crippen LogP contribution in [-0.2, 0) is 0 Å². The van der Waals surface area contributed by atoms with Crippen LogP contribution in [0, 0.1) is 15.9 Å².